The fourth-order valence-corrected chi connectivity index (χ4v) is 17.0. The number of aliphatic hydroxyl groups is 3. The van der Waals surface area contributed by atoms with Crippen LogP contribution in [-0.2, 0) is 51.1 Å². The molecule has 12 rings (SSSR count). The van der Waals surface area contributed by atoms with E-state index < -0.39 is 145 Å². The Morgan fingerprint density at radius 1 is 0.867 bits per heavy atom. The molecule has 39 heteroatoms. The fraction of sp³-hybridized carbons (Fsp3) is 0.424. The van der Waals surface area contributed by atoms with E-state index in [1.165, 1.54) is 72.1 Å². The van der Waals surface area contributed by atoms with Gasteiger partial charge in [0, 0.05) is 70.6 Å². The number of aromatic hydroxyl groups is 1. The molecule has 34 nitrogen and oxygen atoms in total. The third-order valence-corrected chi connectivity index (χ3v) is 22.2. The molecule has 556 valence electrons. The van der Waals surface area contributed by atoms with Gasteiger partial charge in [-0.15, -0.1) is 56.7 Å². The summed E-state index contributed by atoms with van der Waals surface area (Å²) in [6, 6.07) is -0.416. The molecule has 12 bridgehead atoms. The molecular weight excluding hydrogens is 1470 g/mol. The number of aliphatic hydroxyl groups excluding tert-OH is 2. The number of likely N-dealkylation sites (N-methyl/N-ethyl adjacent to an activating group) is 2. The van der Waals surface area contributed by atoms with Crippen LogP contribution in [0.3, 0.4) is 0 Å². The highest BCUT2D eigenvalue weighted by atomic mass is 32.1. The lowest BCUT2D eigenvalue weighted by atomic mass is 9.85. The zero-order valence-corrected chi connectivity index (χ0v) is 61.5. The summed E-state index contributed by atoms with van der Waals surface area (Å²) in [6.07, 6.45) is -7.07. The molecule has 7 aromatic heterocycles. The van der Waals surface area contributed by atoms with Gasteiger partial charge in [-0.25, -0.2) is 34.7 Å². The molecule has 1 aromatic carbocycles. The number of nitrogens with one attached hydrogen (secondary N) is 5. The number of esters is 1. The van der Waals surface area contributed by atoms with Crippen molar-refractivity contribution >= 4 is 120 Å². The standard InChI is InChI=1S/C66H73N15O19S5/c1-27(83)47-60(91)78-48(28(2)95-8)63-74-37(25-104-63)57(88)69-32-16-44-68-36(23-101-44)56(87)71-34(20-98-65(92)51-31-19-97-52(32)53(100-45-17-66(4,93)54(79(5)6)29(3)99-45)42(85)21-96-43-12-9-11-40(46(31)43)81(51)94)62-72-35(22-103-62)49-30(61-73-39(24-102-61)59(90)77-47)15-41(84)50(76-49)64-75-38(26-105-64)58(89)70-33(55(67)86)18-80(7)13-10-14-82/h9,11-12,15,22-27,29,32-34,45,47,52-54,82-84,93-94H,10,13-14,16-21H2,1-8H3,(H2,67,86)(H,69,88)(H,70,89)(H,71,87)(H,77,90)(H,78,91)/b48-28+. The van der Waals surface area contributed by atoms with Gasteiger partial charge in [-0.3, -0.25) is 33.6 Å². The topological polar surface area (TPSA) is 468 Å². The predicted molar refractivity (Wildman–Crippen MR) is 379 cm³/mol. The van der Waals surface area contributed by atoms with Crippen LogP contribution >= 0.6 is 56.7 Å². The smallest absolute Gasteiger partial charge is 0.358 e. The first-order chi connectivity index (χ1) is 50.1. The number of carbonyl (C=O) groups excluding carboxylic acids is 8. The monoisotopic (exact) mass is 1540 g/mol. The van der Waals surface area contributed by atoms with Crippen molar-refractivity contribution in [2.45, 2.75) is 120 Å². The predicted octanol–water partition coefficient (Wildman–Crippen LogP) is 2.84. The Labute approximate surface area is 617 Å². The minimum absolute atomic E-state index is 0.00156. The maximum atomic E-state index is 15.2. The number of rotatable bonds is 14. The third-order valence-electron chi connectivity index (χ3n) is 17.8. The first-order valence-corrected chi connectivity index (χ1v) is 37.1. The van der Waals surface area contributed by atoms with Crippen molar-refractivity contribution < 1.29 is 92.4 Å². The largest absolute Gasteiger partial charge is 0.506 e. The average molecular weight is 1540 g/mol. The zero-order chi connectivity index (χ0) is 75.0. The number of primary amides is 1. The van der Waals surface area contributed by atoms with E-state index in [4.69, 9.17) is 49.1 Å². The molecule has 0 spiro atoms. The number of aromatic nitrogens is 7. The van der Waals surface area contributed by atoms with Gasteiger partial charge in [0.2, 0.25) is 17.6 Å². The molecule has 12 N–H and O–H groups in total. The SMILES string of the molecule is CO/C(C)=C1/NC(=O)C(C(C)O)NC(=O)c2csc(n2)-c2cc(O)c(-c3nc(C(=O)NC(CN(C)CCCO)C(N)=O)cs3)nc2-c2csc(n2)C2COC(=O)c3c4c5c(cccc5n3O)OCC(=O)C(OC3CC(C)(O)C(N(C)C)C(C)O3)C(OC4)C(Cc3nc(cs3)C(=O)N2)NC(=O)c2csc1n2. The van der Waals surface area contributed by atoms with Crippen LogP contribution in [0.4, 0.5) is 0 Å². The number of carbonyl (C=O) groups is 8. The Hall–Kier alpha value is -9.36. The molecular formula is C66H73N15O19S5. The van der Waals surface area contributed by atoms with E-state index in [2.05, 4.69) is 41.5 Å². The number of allylic oxidation sites excluding steroid dienone is 1. The van der Waals surface area contributed by atoms with Crippen LogP contribution < -0.4 is 37.1 Å². The Bertz CT molecular complexity index is 4710. The summed E-state index contributed by atoms with van der Waals surface area (Å²) >= 11 is 4.66. The number of hydrogen-bond acceptors (Lipinski definition) is 32. The maximum Gasteiger partial charge on any atom is 0.358 e. The number of amides is 6. The average Bonchev–Trinajstić information content (AvgIpc) is 1.41. The highest BCUT2D eigenvalue weighted by Gasteiger charge is 2.49. The number of nitrogens with two attached hydrogens (primary N) is 1. The van der Waals surface area contributed by atoms with E-state index in [-0.39, 0.29) is 130 Å². The van der Waals surface area contributed by atoms with Crippen LogP contribution in [0.25, 0.3) is 49.3 Å². The number of fused-ring (bicyclic) bond motifs is 16. The van der Waals surface area contributed by atoms with Crippen molar-refractivity contribution in [3.63, 3.8) is 0 Å². The lowest BCUT2D eigenvalue weighted by Crippen LogP contribution is -2.62. The van der Waals surface area contributed by atoms with E-state index in [0.29, 0.717) is 17.7 Å². The Balaban J connectivity index is 1.01. The number of Topliss-reactive ketones (excluding diaryl/α,β-unsaturated/α-hetero) is 1. The van der Waals surface area contributed by atoms with Crippen LogP contribution in [0, 0.1) is 0 Å². The van der Waals surface area contributed by atoms with Crippen LogP contribution in [0.5, 0.6) is 11.5 Å². The third kappa shape index (κ3) is 16.0. The normalized spacial score (nSPS) is 23.7. The summed E-state index contributed by atoms with van der Waals surface area (Å²) in [5.74, 6) is -7.57. The molecule has 11 unspecified atom stereocenters. The van der Waals surface area contributed by atoms with E-state index >= 15 is 14.4 Å². The molecule has 0 aliphatic carbocycles. The second-order valence-electron chi connectivity index (χ2n) is 25.7. The minimum atomic E-state index is -1.76. The molecule has 4 aliphatic heterocycles. The van der Waals surface area contributed by atoms with Gasteiger partial charge >= 0.3 is 5.97 Å². The fourth-order valence-electron chi connectivity index (χ4n) is 12.8. The second kappa shape index (κ2) is 31.4. The summed E-state index contributed by atoms with van der Waals surface area (Å²) < 4.78 is 38.7. The number of nitrogens with zero attached hydrogens (tertiary/aromatic N) is 9. The summed E-state index contributed by atoms with van der Waals surface area (Å²) in [4.78, 5) is 147. The number of ketones is 1. The van der Waals surface area contributed by atoms with Gasteiger partial charge in [0.15, 0.2) is 18.1 Å². The molecule has 1 saturated heterocycles. The van der Waals surface area contributed by atoms with Gasteiger partial charge in [-0.1, -0.05) is 6.07 Å². The van der Waals surface area contributed by atoms with E-state index in [1.807, 2.05) is 0 Å². The second-order valence-corrected chi connectivity index (χ2v) is 30.1. The lowest BCUT2D eigenvalue weighted by molar-refractivity contribution is -0.276. The molecule has 0 radical (unpaired) electrons. The summed E-state index contributed by atoms with van der Waals surface area (Å²) in [6.45, 7) is 4.33. The van der Waals surface area contributed by atoms with E-state index in [1.54, 1.807) is 44.8 Å². The highest BCUT2D eigenvalue weighted by molar-refractivity contribution is 7.14. The quantitative estimate of drug-likeness (QED) is 0.0423. The van der Waals surface area contributed by atoms with Crippen molar-refractivity contribution in [1.82, 2.24) is 71.0 Å². The number of methoxy groups -OCH3 is 1. The molecule has 0 saturated carbocycles. The van der Waals surface area contributed by atoms with Crippen molar-refractivity contribution in [2.24, 2.45) is 5.73 Å². The van der Waals surface area contributed by atoms with Gasteiger partial charge in [0.25, 0.3) is 23.6 Å². The van der Waals surface area contributed by atoms with Gasteiger partial charge in [-0.05, 0) is 73.5 Å². The van der Waals surface area contributed by atoms with Crippen LogP contribution in [0.15, 0.2) is 56.9 Å². The molecule has 1 fully saturated rings. The number of cyclic esters (lactones) is 1. The molecule has 4 aliphatic rings. The van der Waals surface area contributed by atoms with Gasteiger partial charge in [-0.2, -0.15) is 4.73 Å². The summed E-state index contributed by atoms with van der Waals surface area (Å²) in [5, 5.41) is 77.9. The van der Waals surface area contributed by atoms with Gasteiger partial charge in [0.05, 0.1) is 59.5 Å². The molecule has 11 atom stereocenters. The number of thiazole rings is 5. The van der Waals surface area contributed by atoms with Crippen LogP contribution in [-0.4, -0.2) is 239 Å². The van der Waals surface area contributed by atoms with Crippen molar-refractivity contribution in [3.8, 4) is 44.2 Å². The Morgan fingerprint density at radius 2 is 1.56 bits per heavy atom. The van der Waals surface area contributed by atoms with Crippen LogP contribution in [0.2, 0.25) is 0 Å². The molecule has 11 heterocycles. The van der Waals surface area contributed by atoms with E-state index in [0.717, 1.165) is 56.7 Å². The van der Waals surface area contributed by atoms with Crippen molar-refractivity contribution in [3.05, 3.63) is 106 Å². The Morgan fingerprint density at radius 3 is 2.28 bits per heavy atom. The van der Waals surface area contributed by atoms with Gasteiger partial charge < -0.3 is 96.2 Å². The zero-order valence-electron chi connectivity index (χ0n) is 57.4. The van der Waals surface area contributed by atoms with E-state index in [9.17, 15) is 49.6 Å². The summed E-state index contributed by atoms with van der Waals surface area (Å²) in [7, 11) is 6.55. The van der Waals surface area contributed by atoms with Crippen molar-refractivity contribution in [2.75, 3.05) is 61.2 Å². The number of ether oxygens (including phenoxy) is 6. The van der Waals surface area contributed by atoms with Gasteiger partial charge in [0.1, 0.15) is 120 Å². The molecule has 6 amide bonds. The number of benzene rings is 1. The molecule has 8 aromatic rings. The first kappa shape index (κ1) is 75.3. The maximum absolute atomic E-state index is 15.2. The lowest BCUT2D eigenvalue weighted by Gasteiger charge is -2.48. The Kier molecular flexibility index (Phi) is 22.5. The summed E-state index contributed by atoms with van der Waals surface area (Å²) in [5.41, 5.74) is 2.66. The number of hydrogen-bond donors (Lipinski definition) is 11. The molecule has 105 heavy (non-hydrogen) atoms. The minimum Gasteiger partial charge on any atom is -0.506 e. The first-order valence-electron chi connectivity index (χ1n) is 32.7. The number of pyridine rings is 1. The van der Waals surface area contributed by atoms with Crippen LogP contribution in [0.1, 0.15) is 120 Å². The highest BCUT2D eigenvalue weighted by Crippen LogP contribution is 2.43. The van der Waals surface area contributed by atoms with Crippen molar-refractivity contribution in [1.29, 1.82) is 0 Å².